The number of nitrogens with one attached hydrogen (secondary N) is 1. The van der Waals surface area contributed by atoms with Gasteiger partial charge in [-0.25, -0.2) is 0 Å². The molecule has 0 aliphatic carbocycles. The van der Waals surface area contributed by atoms with Crippen LogP contribution in [0.15, 0.2) is 72.9 Å². The molecule has 1 aromatic heterocycles. The number of piperazine rings is 1. The largest absolute Gasteiger partial charge is 0.416 e. The number of amides is 1. The Balaban J connectivity index is 1.14. The third kappa shape index (κ3) is 7.05. The van der Waals surface area contributed by atoms with Gasteiger partial charge in [0.2, 0.25) is 5.91 Å². The fourth-order valence-electron chi connectivity index (χ4n) is 4.21. The number of pyridine rings is 1. The predicted molar refractivity (Wildman–Crippen MR) is 132 cm³/mol. The molecule has 0 saturated carbocycles. The van der Waals surface area contributed by atoms with Gasteiger partial charge in [0.15, 0.2) is 0 Å². The van der Waals surface area contributed by atoms with Crippen molar-refractivity contribution in [1.29, 1.82) is 0 Å². The summed E-state index contributed by atoms with van der Waals surface area (Å²) in [6, 6.07) is 18.9. The lowest BCUT2D eigenvalue weighted by Crippen LogP contribution is -2.46. The van der Waals surface area contributed by atoms with Crippen LogP contribution in [0.1, 0.15) is 24.8 Å². The number of unbranched alkanes of at least 4 members (excludes halogenated alkanes) is 1. The number of carbonyl (C=O) groups excluding carboxylic acids is 1. The van der Waals surface area contributed by atoms with Crippen LogP contribution in [0.25, 0.3) is 11.3 Å². The number of aromatic nitrogens is 1. The van der Waals surface area contributed by atoms with E-state index in [1.54, 1.807) is 12.3 Å². The Labute approximate surface area is 203 Å². The lowest BCUT2D eigenvalue weighted by molar-refractivity contribution is -0.137. The first kappa shape index (κ1) is 24.7. The molecule has 35 heavy (non-hydrogen) atoms. The Morgan fingerprint density at radius 3 is 2.37 bits per heavy atom. The van der Waals surface area contributed by atoms with E-state index in [1.165, 1.54) is 12.1 Å². The second-order valence-corrected chi connectivity index (χ2v) is 8.67. The smallest absolute Gasteiger partial charge is 0.369 e. The number of nitrogens with zero attached hydrogens (tertiary/aromatic N) is 3. The summed E-state index contributed by atoms with van der Waals surface area (Å²) in [7, 11) is 0. The maximum absolute atomic E-state index is 13.0. The van der Waals surface area contributed by atoms with E-state index in [9.17, 15) is 18.0 Å². The lowest BCUT2D eigenvalue weighted by atomic mass is 10.1. The lowest BCUT2D eigenvalue weighted by Gasteiger charge is -2.36. The van der Waals surface area contributed by atoms with Crippen LogP contribution in [-0.2, 0) is 11.0 Å². The van der Waals surface area contributed by atoms with Crippen molar-refractivity contribution >= 4 is 17.3 Å². The van der Waals surface area contributed by atoms with Crippen molar-refractivity contribution in [2.75, 3.05) is 42.9 Å². The highest BCUT2D eigenvalue weighted by Crippen LogP contribution is 2.32. The van der Waals surface area contributed by atoms with Gasteiger partial charge in [0, 0.05) is 55.7 Å². The molecule has 1 saturated heterocycles. The standard InChI is InChI=1S/C27H29F3N4O/c28-27(29,30)22-6-5-7-24(20-22)34-18-16-33(17-19-34)15-4-2-9-26(35)32-23-12-10-21(11-13-23)25-8-1-3-14-31-25/h1,3,5-8,10-14,20H,2,4,9,15-19H2,(H,32,35). The minimum atomic E-state index is -4.33. The number of benzene rings is 2. The van der Waals surface area contributed by atoms with Gasteiger partial charge in [-0.15, -0.1) is 0 Å². The number of anilines is 2. The molecule has 184 valence electrons. The molecule has 0 unspecified atom stereocenters. The minimum absolute atomic E-state index is 0.00930. The van der Waals surface area contributed by atoms with Crippen LogP contribution in [0.4, 0.5) is 24.5 Å². The zero-order chi connectivity index (χ0) is 24.7. The van der Waals surface area contributed by atoms with Gasteiger partial charge < -0.3 is 10.2 Å². The molecular weight excluding hydrogens is 453 g/mol. The van der Waals surface area contributed by atoms with Crippen molar-refractivity contribution < 1.29 is 18.0 Å². The van der Waals surface area contributed by atoms with Crippen LogP contribution in [0, 0.1) is 0 Å². The molecule has 1 fully saturated rings. The highest BCUT2D eigenvalue weighted by atomic mass is 19.4. The zero-order valence-corrected chi connectivity index (χ0v) is 19.5. The Kier molecular flexibility index (Phi) is 8.02. The Morgan fingerprint density at radius 2 is 1.69 bits per heavy atom. The number of rotatable bonds is 8. The first-order valence-electron chi connectivity index (χ1n) is 11.8. The van der Waals surface area contributed by atoms with Crippen LogP contribution in [0.2, 0.25) is 0 Å². The molecule has 3 aromatic rings. The van der Waals surface area contributed by atoms with Gasteiger partial charge in [-0.2, -0.15) is 13.2 Å². The number of carbonyl (C=O) groups is 1. The molecule has 5 nitrogen and oxygen atoms in total. The fourth-order valence-corrected chi connectivity index (χ4v) is 4.21. The summed E-state index contributed by atoms with van der Waals surface area (Å²) in [5.41, 5.74) is 2.65. The maximum Gasteiger partial charge on any atom is 0.416 e. The molecule has 1 N–H and O–H groups in total. The van der Waals surface area contributed by atoms with Gasteiger partial charge in [-0.1, -0.05) is 24.3 Å². The summed E-state index contributed by atoms with van der Waals surface area (Å²) < 4.78 is 38.9. The van der Waals surface area contributed by atoms with Crippen molar-refractivity contribution in [2.45, 2.75) is 25.4 Å². The van der Waals surface area contributed by atoms with Crippen LogP contribution in [0.3, 0.4) is 0 Å². The van der Waals surface area contributed by atoms with Crippen LogP contribution in [0.5, 0.6) is 0 Å². The van der Waals surface area contributed by atoms with Crippen molar-refractivity contribution in [2.24, 2.45) is 0 Å². The Morgan fingerprint density at radius 1 is 0.914 bits per heavy atom. The van der Waals surface area contributed by atoms with E-state index in [4.69, 9.17) is 0 Å². The van der Waals surface area contributed by atoms with E-state index < -0.39 is 11.7 Å². The van der Waals surface area contributed by atoms with Crippen LogP contribution >= 0.6 is 0 Å². The SMILES string of the molecule is O=C(CCCCN1CCN(c2cccc(C(F)(F)F)c2)CC1)Nc1ccc(-c2ccccn2)cc1. The minimum Gasteiger partial charge on any atom is -0.369 e. The van der Waals surface area contributed by atoms with E-state index in [-0.39, 0.29) is 5.91 Å². The highest BCUT2D eigenvalue weighted by Gasteiger charge is 2.31. The molecule has 1 aliphatic rings. The normalized spacial score (nSPS) is 14.7. The molecule has 0 atom stereocenters. The summed E-state index contributed by atoms with van der Waals surface area (Å²) in [4.78, 5) is 20.9. The average Bonchev–Trinajstić information content (AvgIpc) is 2.87. The first-order chi connectivity index (χ1) is 16.9. The molecular formula is C27H29F3N4O. The van der Waals surface area contributed by atoms with Gasteiger partial charge in [-0.3, -0.25) is 14.7 Å². The van der Waals surface area contributed by atoms with E-state index in [0.717, 1.165) is 55.5 Å². The number of hydrogen-bond acceptors (Lipinski definition) is 4. The summed E-state index contributed by atoms with van der Waals surface area (Å²) in [5.74, 6) is -0.00930. The Bertz CT molecular complexity index is 1100. The molecule has 0 radical (unpaired) electrons. The average molecular weight is 483 g/mol. The predicted octanol–water partition coefficient (Wildman–Crippen LogP) is 5.70. The van der Waals surface area contributed by atoms with Crippen molar-refractivity contribution in [3.05, 3.63) is 78.5 Å². The van der Waals surface area contributed by atoms with Gasteiger partial charge >= 0.3 is 6.18 Å². The molecule has 2 heterocycles. The molecule has 1 aliphatic heterocycles. The van der Waals surface area contributed by atoms with Crippen molar-refractivity contribution in [1.82, 2.24) is 9.88 Å². The zero-order valence-electron chi connectivity index (χ0n) is 19.5. The first-order valence-corrected chi connectivity index (χ1v) is 11.8. The monoisotopic (exact) mass is 482 g/mol. The summed E-state index contributed by atoms with van der Waals surface area (Å²) in [6.45, 7) is 3.85. The van der Waals surface area contributed by atoms with Gasteiger partial charge in [0.1, 0.15) is 0 Å². The van der Waals surface area contributed by atoms with Crippen LogP contribution < -0.4 is 10.2 Å². The fraction of sp³-hybridized carbons (Fsp3) is 0.333. The third-order valence-electron chi connectivity index (χ3n) is 6.17. The molecule has 0 bridgehead atoms. The molecule has 0 spiro atoms. The quantitative estimate of drug-likeness (QED) is 0.419. The van der Waals surface area contributed by atoms with Gasteiger partial charge in [0.25, 0.3) is 0 Å². The molecule has 2 aromatic carbocycles. The van der Waals surface area contributed by atoms with E-state index in [2.05, 4.69) is 15.2 Å². The number of alkyl halides is 3. The second-order valence-electron chi connectivity index (χ2n) is 8.67. The van der Waals surface area contributed by atoms with Gasteiger partial charge in [0.05, 0.1) is 11.3 Å². The number of hydrogen-bond donors (Lipinski definition) is 1. The molecule has 8 heteroatoms. The van der Waals surface area contributed by atoms with Crippen LogP contribution in [-0.4, -0.2) is 48.5 Å². The second kappa shape index (κ2) is 11.4. The maximum atomic E-state index is 13.0. The highest BCUT2D eigenvalue weighted by molar-refractivity contribution is 5.90. The van der Waals surface area contributed by atoms with Gasteiger partial charge in [-0.05, 0) is 61.9 Å². The van der Waals surface area contributed by atoms with Crippen molar-refractivity contribution in [3.63, 3.8) is 0 Å². The van der Waals surface area contributed by atoms with Crippen molar-refractivity contribution in [3.8, 4) is 11.3 Å². The third-order valence-corrected chi connectivity index (χ3v) is 6.17. The van der Waals surface area contributed by atoms with E-state index in [1.807, 2.05) is 47.4 Å². The summed E-state index contributed by atoms with van der Waals surface area (Å²) in [6.07, 6.45) is -0.442. The Hall–Kier alpha value is -3.39. The molecule has 1 amide bonds. The summed E-state index contributed by atoms with van der Waals surface area (Å²) in [5, 5.41) is 2.94. The molecule has 4 rings (SSSR count). The topological polar surface area (TPSA) is 48.5 Å². The van der Waals surface area contributed by atoms with E-state index in [0.29, 0.717) is 25.2 Å². The van der Waals surface area contributed by atoms with E-state index >= 15 is 0 Å². The summed E-state index contributed by atoms with van der Waals surface area (Å²) >= 11 is 0. The number of halogens is 3.